The summed E-state index contributed by atoms with van der Waals surface area (Å²) in [5.74, 6) is 1.77. The molecule has 1 saturated heterocycles. The zero-order valence-electron chi connectivity index (χ0n) is 12.7. The second-order valence-electron chi connectivity index (χ2n) is 6.24. The lowest BCUT2D eigenvalue weighted by atomic mass is 9.85. The van der Waals surface area contributed by atoms with E-state index in [1.807, 2.05) is 30.3 Å². The molecule has 0 spiro atoms. The van der Waals surface area contributed by atoms with Crippen LogP contribution in [0, 0.1) is 0 Å². The lowest BCUT2D eigenvalue weighted by Gasteiger charge is -2.35. The summed E-state index contributed by atoms with van der Waals surface area (Å²) in [6, 6.07) is 19.7. The van der Waals surface area contributed by atoms with Crippen molar-refractivity contribution in [2.45, 2.75) is 37.8 Å². The van der Waals surface area contributed by atoms with Crippen LogP contribution in [-0.4, -0.2) is 12.1 Å². The Kier molecular flexibility index (Phi) is 3.69. The molecule has 4 rings (SSSR count). The summed E-state index contributed by atoms with van der Waals surface area (Å²) in [6.45, 7) is 0. The van der Waals surface area contributed by atoms with Gasteiger partial charge in [-0.1, -0.05) is 42.8 Å². The van der Waals surface area contributed by atoms with Crippen molar-refractivity contribution in [3.05, 3.63) is 66.2 Å². The predicted molar refractivity (Wildman–Crippen MR) is 90.1 cm³/mol. The summed E-state index contributed by atoms with van der Waals surface area (Å²) in [6.07, 6.45) is 7.51. The molecule has 2 unspecified atom stereocenters. The fourth-order valence-electron chi connectivity index (χ4n) is 3.50. The Morgan fingerprint density at radius 2 is 1.64 bits per heavy atom. The molecule has 0 amide bonds. The van der Waals surface area contributed by atoms with Crippen LogP contribution in [0.5, 0.6) is 11.5 Å². The number of fused-ring (bicyclic) bond motifs is 2. The second-order valence-corrected chi connectivity index (χ2v) is 6.24. The van der Waals surface area contributed by atoms with E-state index in [2.05, 4.69) is 35.7 Å². The maximum atomic E-state index is 5.86. The molecular weight excluding hydrogens is 270 g/mol. The topological polar surface area (TPSA) is 21.3 Å². The van der Waals surface area contributed by atoms with Crippen molar-refractivity contribution in [2.75, 3.05) is 0 Å². The summed E-state index contributed by atoms with van der Waals surface area (Å²) in [5.41, 5.74) is 2.82. The molecule has 2 aliphatic heterocycles. The van der Waals surface area contributed by atoms with Gasteiger partial charge < -0.3 is 10.1 Å². The molecule has 1 fully saturated rings. The van der Waals surface area contributed by atoms with Gasteiger partial charge in [0.15, 0.2) is 0 Å². The van der Waals surface area contributed by atoms with Gasteiger partial charge in [0.05, 0.1) is 0 Å². The van der Waals surface area contributed by atoms with Gasteiger partial charge in [-0.25, -0.2) is 0 Å². The molecule has 112 valence electrons. The van der Waals surface area contributed by atoms with Crippen LogP contribution in [-0.2, 0) is 0 Å². The van der Waals surface area contributed by atoms with E-state index in [9.17, 15) is 0 Å². The number of ether oxygens (including phenoxy) is 1. The summed E-state index contributed by atoms with van der Waals surface area (Å²) >= 11 is 0. The SMILES string of the molecule is C1=C(c2ccc(Oc3ccccc3)cc2)CC2CCCC1N2. The number of para-hydroxylation sites is 1. The van der Waals surface area contributed by atoms with Crippen LogP contribution in [0.25, 0.3) is 5.57 Å². The van der Waals surface area contributed by atoms with Crippen LogP contribution >= 0.6 is 0 Å². The summed E-state index contributed by atoms with van der Waals surface area (Å²) in [5, 5.41) is 3.70. The van der Waals surface area contributed by atoms with Gasteiger partial charge in [0.25, 0.3) is 0 Å². The fraction of sp³-hybridized carbons (Fsp3) is 0.300. The molecule has 2 aromatic rings. The maximum Gasteiger partial charge on any atom is 0.127 e. The molecule has 0 aromatic heterocycles. The lowest BCUT2D eigenvalue weighted by Crippen LogP contribution is -2.44. The van der Waals surface area contributed by atoms with E-state index in [0.29, 0.717) is 12.1 Å². The van der Waals surface area contributed by atoms with E-state index in [-0.39, 0.29) is 0 Å². The highest BCUT2D eigenvalue weighted by Gasteiger charge is 2.25. The van der Waals surface area contributed by atoms with Crippen LogP contribution in [0.1, 0.15) is 31.2 Å². The normalized spacial score (nSPS) is 23.7. The Morgan fingerprint density at radius 1 is 0.864 bits per heavy atom. The molecule has 2 heterocycles. The molecule has 22 heavy (non-hydrogen) atoms. The van der Waals surface area contributed by atoms with Gasteiger partial charge in [-0.15, -0.1) is 0 Å². The fourth-order valence-corrected chi connectivity index (χ4v) is 3.50. The molecule has 2 aromatic carbocycles. The zero-order valence-corrected chi connectivity index (χ0v) is 12.7. The third kappa shape index (κ3) is 2.93. The smallest absolute Gasteiger partial charge is 0.127 e. The minimum atomic E-state index is 0.572. The van der Waals surface area contributed by atoms with Crippen molar-refractivity contribution >= 4 is 5.57 Å². The van der Waals surface area contributed by atoms with Crippen LogP contribution in [0.3, 0.4) is 0 Å². The largest absolute Gasteiger partial charge is 0.457 e. The first-order chi connectivity index (χ1) is 10.9. The molecule has 0 saturated carbocycles. The summed E-state index contributed by atoms with van der Waals surface area (Å²) in [4.78, 5) is 0. The van der Waals surface area contributed by atoms with Crippen LogP contribution in [0.2, 0.25) is 0 Å². The molecule has 2 bridgehead atoms. The van der Waals surface area contributed by atoms with Crippen molar-refractivity contribution in [2.24, 2.45) is 0 Å². The van der Waals surface area contributed by atoms with Crippen LogP contribution < -0.4 is 10.1 Å². The first kappa shape index (κ1) is 13.6. The quantitative estimate of drug-likeness (QED) is 0.879. The number of rotatable bonds is 3. The number of hydrogen-bond donors (Lipinski definition) is 1. The molecule has 0 radical (unpaired) electrons. The first-order valence-electron chi connectivity index (χ1n) is 8.17. The van der Waals surface area contributed by atoms with E-state index < -0.39 is 0 Å². The van der Waals surface area contributed by atoms with E-state index in [1.165, 1.54) is 30.4 Å². The van der Waals surface area contributed by atoms with Crippen molar-refractivity contribution in [3.63, 3.8) is 0 Å². The Bertz CT molecular complexity index is 660. The molecule has 2 atom stereocenters. The average Bonchev–Trinajstić information content (AvgIpc) is 2.56. The van der Waals surface area contributed by atoms with E-state index in [0.717, 1.165) is 17.9 Å². The van der Waals surface area contributed by atoms with Crippen molar-refractivity contribution in [1.82, 2.24) is 5.32 Å². The van der Waals surface area contributed by atoms with Gasteiger partial charge in [-0.3, -0.25) is 0 Å². The van der Waals surface area contributed by atoms with Crippen molar-refractivity contribution in [3.8, 4) is 11.5 Å². The van der Waals surface area contributed by atoms with Crippen LogP contribution in [0.15, 0.2) is 60.7 Å². The molecule has 1 N–H and O–H groups in total. The second kappa shape index (κ2) is 5.98. The van der Waals surface area contributed by atoms with E-state index in [1.54, 1.807) is 0 Å². The Morgan fingerprint density at radius 3 is 2.41 bits per heavy atom. The molecule has 2 heteroatoms. The van der Waals surface area contributed by atoms with Gasteiger partial charge in [-0.2, -0.15) is 0 Å². The van der Waals surface area contributed by atoms with Gasteiger partial charge in [-0.05, 0) is 54.7 Å². The van der Waals surface area contributed by atoms with E-state index >= 15 is 0 Å². The van der Waals surface area contributed by atoms with Gasteiger partial charge in [0.2, 0.25) is 0 Å². The first-order valence-corrected chi connectivity index (χ1v) is 8.17. The van der Waals surface area contributed by atoms with Crippen LogP contribution in [0.4, 0.5) is 0 Å². The lowest BCUT2D eigenvalue weighted by molar-refractivity contribution is 0.348. The minimum Gasteiger partial charge on any atom is -0.457 e. The highest BCUT2D eigenvalue weighted by atomic mass is 16.5. The Balaban J connectivity index is 1.51. The molecular formula is C20H21NO. The Labute approximate surface area is 131 Å². The molecule has 2 aliphatic rings. The van der Waals surface area contributed by atoms with Gasteiger partial charge in [0.1, 0.15) is 11.5 Å². The number of piperidine rings is 1. The number of hydrogen-bond acceptors (Lipinski definition) is 2. The highest BCUT2D eigenvalue weighted by molar-refractivity contribution is 5.68. The third-order valence-electron chi connectivity index (χ3n) is 4.59. The molecule has 0 aliphatic carbocycles. The summed E-state index contributed by atoms with van der Waals surface area (Å²) < 4.78 is 5.86. The van der Waals surface area contributed by atoms with E-state index in [4.69, 9.17) is 4.74 Å². The predicted octanol–water partition coefficient (Wildman–Crippen LogP) is 4.78. The monoisotopic (exact) mass is 291 g/mol. The van der Waals surface area contributed by atoms with Gasteiger partial charge >= 0.3 is 0 Å². The van der Waals surface area contributed by atoms with Gasteiger partial charge in [0, 0.05) is 12.1 Å². The highest BCUT2D eigenvalue weighted by Crippen LogP contribution is 2.32. The Hall–Kier alpha value is -2.06. The third-order valence-corrected chi connectivity index (χ3v) is 4.59. The van der Waals surface area contributed by atoms with Crippen molar-refractivity contribution in [1.29, 1.82) is 0 Å². The maximum absolute atomic E-state index is 5.86. The standard InChI is InChI=1S/C20H21NO/c1-2-7-19(8-3-1)22-20-11-9-15(10-12-20)16-13-17-5-4-6-18(14-16)21-17/h1-3,7-13,17-18,21H,4-6,14H2. The summed E-state index contributed by atoms with van der Waals surface area (Å²) in [7, 11) is 0. The number of benzene rings is 2. The zero-order chi connectivity index (χ0) is 14.8. The van der Waals surface area contributed by atoms with Crippen molar-refractivity contribution < 1.29 is 4.74 Å². The minimum absolute atomic E-state index is 0.572. The molecule has 2 nitrogen and oxygen atoms in total. The average molecular weight is 291 g/mol. The number of nitrogens with one attached hydrogen (secondary N) is 1.